The summed E-state index contributed by atoms with van der Waals surface area (Å²) < 4.78 is 64.1. The van der Waals surface area contributed by atoms with Gasteiger partial charge in [0.15, 0.2) is 23.3 Å². The highest BCUT2D eigenvalue weighted by Crippen LogP contribution is 2.26. The van der Waals surface area contributed by atoms with Crippen LogP contribution in [0.3, 0.4) is 0 Å². The zero-order valence-electron chi connectivity index (χ0n) is 8.51. The first-order valence-corrected chi connectivity index (χ1v) is 4.46. The molecular weight excluding hydrogens is 247 g/mol. The summed E-state index contributed by atoms with van der Waals surface area (Å²) in [7, 11) is 0. The van der Waals surface area contributed by atoms with Gasteiger partial charge < -0.3 is 10.6 Å². The zero-order valence-corrected chi connectivity index (χ0v) is 8.51. The summed E-state index contributed by atoms with van der Waals surface area (Å²) in [4.78, 5) is 10.9. The number of amides is 2. The first kappa shape index (κ1) is 13.2. The van der Waals surface area contributed by atoms with E-state index in [1.807, 2.05) is 0 Å². The smallest absolute Gasteiger partial charge is 0.319 e. The van der Waals surface area contributed by atoms with Crippen LogP contribution in [0.4, 0.5) is 32.4 Å². The Morgan fingerprint density at radius 1 is 0.941 bits per heavy atom. The van der Waals surface area contributed by atoms with Crippen LogP contribution < -0.4 is 10.6 Å². The molecule has 0 radical (unpaired) electrons. The molecule has 0 heterocycles. The van der Waals surface area contributed by atoms with Crippen LogP contribution in [0.25, 0.3) is 0 Å². The molecule has 0 spiro atoms. The Morgan fingerprint density at radius 2 is 1.35 bits per heavy atom. The minimum atomic E-state index is -2.28. The van der Waals surface area contributed by atoms with E-state index in [-0.39, 0.29) is 6.54 Å². The minimum Gasteiger partial charge on any atom is -0.338 e. The summed E-state index contributed by atoms with van der Waals surface area (Å²) in [6, 6.07) is -1.07. The maximum absolute atomic E-state index is 13.0. The Labute approximate surface area is 92.6 Å². The molecule has 0 bridgehead atoms. The summed E-state index contributed by atoms with van der Waals surface area (Å²) in [5.41, 5.74) is -1.38. The van der Waals surface area contributed by atoms with Gasteiger partial charge in [-0.05, 0) is 6.92 Å². The van der Waals surface area contributed by atoms with Gasteiger partial charge in [-0.1, -0.05) is 0 Å². The summed E-state index contributed by atoms with van der Waals surface area (Å²) >= 11 is 0. The average molecular weight is 254 g/mol. The van der Waals surface area contributed by atoms with E-state index >= 15 is 0 Å². The Morgan fingerprint density at radius 3 is 1.76 bits per heavy atom. The molecule has 0 unspecified atom stereocenters. The number of carbonyl (C=O) groups excluding carboxylic acids is 1. The van der Waals surface area contributed by atoms with Crippen molar-refractivity contribution in [2.24, 2.45) is 0 Å². The van der Waals surface area contributed by atoms with Gasteiger partial charge in [0, 0.05) is 6.54 Å². The molecule has 3 nitrogen and oxygen atoms in total. The molecule has 0 fully saturated rings. The fourth-order valence-electron chi connectivity index (χ4n) is 1.03. The van der Waals surface area contributed by atoms with Crippen molar-refractivity contribution in [1.82, 2.24) is 5.32 Å². The third kappa shape index (κ3) is 2.45. The number of nitrogens with one attached hydrogen (secondary N) is 2. The molecule has 8 heteroatoms. The number of halogens is 5. The lowest BCUT2D eigenvalue weighted by molar-refractivity contribution is 0.252. The van der Waals surface area contributed by atoms with Crippen molar-refractivity contribution in [3.63, 3.8) is 0 Å². The van der Waals surface area contributed by atoms with Crippen molar-refractivity contribution < 1.29 is 26.7 Å². The fourth-order valence-corrected chi connectivity index (χ4v) is 1.03. The van der Waals surface area contributed by atoms with Crippen LogP contribution in [0, 0.1) is 29.1 Å². The van der Waals surface area contributed by atoms with Crippen molar-refractivity contribution in [2.45, 2.75) is 6.92 Å². The van der Waals surface area contributed by atoms with Gasteiger partial charge in [-0.25, -0.2) is 26.7 Å². The summed E-state index contributed by atoms with van der Waals surface area (Å²) in [6.45, 7) is 1.64. The highest BCUT2D eigenvalue weighted by molar-refractivity contribution is 5.89. The lowest BCUT2D eigenvalue weighted by Gasteiger charge is -2.09. The number of benzene rings is 1. The first-order chi connectivity index (χ1) is 7.90. The Kier molecular flexibility index (Phi) is 3.87. The standard InChI is InChI=1S/C9H7F5N2O/c1-2-15-9(17)16-8-6(13)4(11)3(10)5(12)7(8)14/h2H2,1H3,(H2,15,16,17). The van der Waals surface area contributed by atoms with E-state index in [0.29, 0.717) is 0 Å². The van der Waals surface area contributed by atoms with Gasteiger partial charge in [0.25, 0.3) is 0 Å². The van der Waals surface area contributed by atoms with Crippen molar-refractivity contribution in [3.8, 4) is 0 Å². The Balaban J connectivity index is 3.20. The average Bonchev–Trinajstić information content (AvgIpc) is 2.30. The van der Waals surface area contributed by atoms with E-state index in [9.17, 15) is 26.7 Å². The number of hydrogen-bond donors (Lipinski definition) is 2. The molecule has 1 rings (SSSR count). The molecule has 2 amide bonds. The predicted octanol–water partition coefficient (Wildman–Crippen LogP) is 2.52. The number of carbonyl (C=O) groups is 1. The van der Waals surface area contributed by atoms with Gasteiger partial charge in [-0.2, -0.15) is 0 Å². The highest BCUT2D eigenvalue weighted by atomic mass is 19.2. The molecule has 0 saturated heterocycles. The van der Waals surface area contributed by atoms with E-state index in [0.717, 1.165) is 0 Å². The van der Waals surface area contributed by atoms with Gasteiger partial charge in [-0.3, -0.25) is 0 Å². The van der Waals surface area contributed by atoms with E-state index in [1.54, 1.807) is 5.32 Å². The second-order valence-corrected chi connectivity index (χ2v) is 2.93. The third-order valence-electron chi connectivity index (χ3n) is 1.79. The number of hydrogen-bond acceptors (Lipinski definition) is 1. The van der Waals surface area contributed by atoms with E-state index < -0.39 is 40.8 Å². The molecule has 0 aliphatic heterocycles. The monoisotopic (exact) mass is 254 g/mol. The van der Waals surface area contributed by atoms with Crippen LogP contribution in [0.2, 0.25) is 0 Å². The summed E-state index contributed by atoms with van der Waals surface area (Å²) in [5, 5.41) is 3.62. The summed E-state index contributed by atoms with van der Waals surface area (Å²) in [5.74, 6) is -10.7. The maximum Gasteiger partial charge on any atom is 0.319 e. The Hall–Kier alpha value is -1.86. The van der Waals surface area contributed by atoms with Crippen LogP contribution in [0.15, 0.2) is 0 Å². The maximum atomic E-state index is 13.0. The molecule has 0 saturated carbocycles. The molecule has 94 valence electrons. The molecule has 0 aliphatic carbocycles. The van der Waals surface area contributed by atoms with Crippen LogP contribution in [0.5, 0.6) is 0 Å². The quantitative estimate of drug-likeness (QED) is 0.475. The Bertz CT molecular complexity index is 434. The van der Waals surface area contributed by atoms with Crippen LogP contribution in [-0.4, -0.2) is 12.6 Å². The third-order valence-corrected chi connectivity index (χ3v) is 1.79. The van der Waals surface area contributed by atoms with Crippen LogP contribution >= 0.6 is 0 Å². The van der Waals surface area contributed by atoms with E-state index in [2.05, 4.69) is 5.32 Å². The largest absolute Gasteiger partial charge is 0.338 e. The highest BCUT2D eigenvalue weighted by Gasteiger charge is 2.26. The van der Waals surface area contributed by atoms with Gasteiger partial charge in [-0.15, -0.1) is 0 Å². The topological polar surface area (TPSA) is 41.1 Å². The van der Waals surface area contributed by atoms with Crippen LogP contribution in [0.1, 0.15) is 6.92 Å². The zero-order chi connectivity index (χ0) is 13.2. The van der Waals surface area contributed by atoms with Crippen molar-refractivity contribution in [1.29, 1.82) is 0 Å². The first-order valence-electron chi connectivity index (χ1n) is 4.46. The van der Waals surface area contributed by atoms with Crippen molar-refractivity contribution in [3.05, 3.63) is 29.1 Å². The molecule has 2 N–H and O–H groups in total. The van der Waals surface area contributed by atoms with Gasteiger partial charge in [0.1, 0.15) is 5.69 Å². The van der Waals surface area contributed by atoms with Gasteiger partial charge >= 0.3 is 6.03 Å². The second kappa shape index (κ2) is 4.98. The van der Waals surface area contributed by atoms with Gasteiger partial charge in [0.2, 0.25) is 5.82 Å². The molecule has 17 heavy (non-hydrogen) atoms. The van der Waals surface area contributed by atoms with Gasteiger partial charge in [0.05, 0.1) is 0 Å². The van der Waals surface area contributed by atoms with Crippen molar-refractivity contribution >= 4 is 11.7 Å². The normalized spacial score (nSPS) is 10.2. The fraction of sp³-hybridized carbons (Fsp3) is 0.222. The predicted molar refractivity (Wildman–Crippen MR) is 48.9 cm³/mol. The molecule has 0 aromatic heterocycles. The lowest BCUT2D eigenvalue weighted by Crippen LogP contribution is -2.29. The lowest BCUT2D eigenvalue weighted by atomic mass is 10.2. The SMILES string of the molecule is CCNC(=O)Nc1c(F)c(F)c(F)c(F)c1F. The molecule has 0 aliphatic rings. The minimum absolute atomic E-state index is 0.126. The van der Waals surface area contributed by atoms with Crippen molar-refractivity contribution in [2.75, 3.05) is 11.9 Å². The molecular formula is C9H7F5N2O. The second-order valence-electron chi connectivity index (χ2n) is 2.93. The van der Waals surface area contributed by atoms with E-state index in [1.165, 1.54) is 6.92 Å². The molecule has 1 aromatic rings. The molecule has 0 atom stereocenters. The number of rotatable bonds is 2. The van der Waals surface area contributed by atoms with E-state index in [4.69, 9.17) is 0 Å². The molecule has 1 aromatic carbocycles. The summed E-state index contributed by atoms with van der Waals surface area (Å²) in [6.07, 6.45) is 0. The number of urea groups is 1. The number of anilines is 1. The van der Waals surface area contributed by atoms with Crippen LogP contribution in [-0.2, 0) is 0 Å².